The first-order valence-electron chi connectivity index (χ1n) is 30.2. The molecule has 0 aliphatic rings. The van der Waals surface area contributed by atoms with Gasteiger partial charge < -0.3 is 14.2 Å². The summed E-state index contributed by atoms with van der Waals surface area (Å²) in [5.74, 6) is -0.865. The summed E-state index contributed by atoms with van der Waals surface area (Å²) >= 11 is 0. The Morgan fingerprint density at radius 2 is 0.493 bits per heavy atom. The van der Waals surface area contributed by atoms with Gasteiger partial charge in [-0.2, -0.15) is 0 Å². The fraction of sp³-hybridized carbons (Fsp3) is 0.918. The van der Waals surface area contributed by atoms with Crippen molar-refractivity contribution in [2.24, 2.45) is 0 Å². The highest BCUT2D eigenvalue weighted by Gasteiger charge is 2.19. The van der Waals surface area contributed by atoms with Crippen LogP contribution < -0.4 is 0 Å². The second-order valence-electron chi connectivity index (χ2n) is 20.6. The third-order valence-electron chi connectivity index (χ3n) is 13.8. The summed E-state index contributed by atoms with van der Waals surface area (Å²) in [4.78, 5) is 37.8. The number of hydrogen-bond donors (Lipinski definition) is 0. The number of hydrogen-bond acceptors (Lipinski definition) is 6. The molecule has 0 aliphatic carbocycles. The van der Waals surface area contributed by atoms with Crippen LogP contribution in [0.1, 0.15) is 342 Å². The molecule has 0 saturated carbocycles. The third kappa shape index (κ3) is 55.0. The van der Waals surface area contributed by atoms with E-state index in [-0.39, 0.29) is 31.1 Å². The van der Waals surface area contributed by atoms with Gasteiger partial charge in [-0.1, -0.05) is 290 Å². The molecule has 6 heteroatoms. The fourth-order valence-electron chi connectivity index (χ4n) is 9.21. The van der Waals surface area contributed by atoms with Crippen molar-refractivity contribution in [2.45, 2.75) is 348 Å². The van der Waals surface area contributed by atoms with Gasteiger partial charge in [0.1, 0.15) is 13.2 Å². The van der Waals surface area contributed by atoms with Crippen LogP contribution in [0, 0.1) is 0 Å². The van der Waals surface area contributed by atoms with E-state index in [0.29, 0.717) is 19.3 Å². The van der Waals surface area contributed by atoms with E-state index in [1.807, 2.05) is 0 Å². The van der Waals surface area contributed by atoms with Gasteiger partial charge in [-0.3, -0.25) is 14.4 Å². The number of allylic oxidation sites excluding steroid dienone is 2. The molecule has 6 nitrogen and oxygen atoms in total. The highest BCUT2D eigenvalue weighted by molar-refractivity contribution is 5.71. The van der Waals surface area contributed by atoms with Crippen LogP contribution in [0.3, 0.4) is 0 Å². The van der Waals surface area contributed by atoms with Crippen molar-refractivity contribution in [3.05, 3.63) is 12.2 Å². The number of rotatable bonds is 56. The van der Waals surface area contributed by atoms with E-state index in [1.165, 1.54) is 238 Å². The molecule has 0 fully saturated rings. The molecule has 0 aromatic carbocycles. The summed E-state index contributed by atoms with van der Waals surface area (Å²) < 4.78 is 16.7. The first-order chi connectivity index (χ1) is 33.0. The maximum absolute atomic E-state index is 12.8. The summed E-state index contributed by atoms with van der Waals surface area (Å²) in [7, 11) is 0. The van der Waals surface area contributed by atoms with E-state index in [1.54, 1.807) is 0 Å². The maximum Gasteiger partial charge on any atom is 0.306 e. The van der Waals surface area contributed by atoms with Crippen LogP contribution in [0.5, 0.6) is 0 Å². The molecule has 0 aliphatic heterocycles. The summed E-state index contributed by atoms with van der Waals surface area (Å²) in [6.45, 7) is 6.60. The lowest BCUT2D eigenvalue weighted by molar-refractivity contribution is -0.167. The van der Waals surface area contributed by atoms with Crippen LogP contribution in [-0.4, -0.2) is 37.2 Å². The Balaban J connectivity index is 3.96. The van der Waals surface area contributed by atoms with E-state index in [4.69, 9.17) is 14.2 Å². The molecule has 0 bridgehead atoms. The van der Waals surface area contributed by atoms with E-state index in [2.05, 4.69) is 32.9 Å². The smallest absolute Gasteiger partial charge is 0.306 e. The van der Waals surface area contributed by atoms with Gasteiger partial charge in [0.25, 0.3) is 0 Å². The van der Waals surface area contributed by atoms with Crippen LogP contribution >= 0.6 is 0 Å². The molecule has 1 atom stereocenters. The Morgan fingerprint density at radius 1 is 0.284 bits per heavy atom. The topological polar surface area (TPSA) is 78.9 Å². The number of carbonyl (C=O) groups excluding carboxylic acids is 3. The lowest BCUT2D eigenvalue weighted by atomic mass is 10.0. The van der Waals surface area contributed by atoms with Crippen molar-refractivity contribution in [1.29, 1.82) is 0 Å². The monoisotopic (exact) mass is 945 g/mol. The molecule has 67 heavy (non-hydrogen) atoms. The van der Waals surface area contributed by atoms with Gasteiger partial charge >= 0.3 is 17.9 Å². The van der Waals surface area contributed by atoms with Gasteiger partial charge in [-0.15, -0.1) is 0 Å². The van der Waals surface area contributed by atoms with E-state index < -0.39 is 6.10 Å². The molecule has 396 valence electrons. The van der Waals surface area contributed by atoms with Crippen LogP contribution in [-0.2, 0) is 28.6 Å². The molecule has 0 spiro atoms. The Kier molecular flexibility index (Phi) is 55.2. The number of esters is 3. The molecule has 0 radical (unpaired) electrons. The fourth-order valence-corrected chi connectivity index (χ4v) is 9.21. The zero-order chi connectivity index (χ0) is 48.6. The van der Waals surface area contributed by atoms with Gasteiger partial charge in [0, 0.05) is 19.3 Å². The molecular formula is C61H116O6. The van der Waals surface area contributed by atoms with Crippen molar-refractivity contribution in [1.82, 2.24) is 0 Å². The van der Waals surface area contributed by atoms with E-state index in [9.17, 15) is 14.4 Å². The summed E-state index contributed by atoms with van der Waals surface area (Å²) in [6.07, 6.45) is 65.6. The predicted molar refractivity (Wildman–Crippen MR) is 289 cm³/mol. The van der Waals surface area contributed by atoms with Crippen molar-refractivity contribution in [3.8, 4) is 0 Å². The van der Waals surface area contributed by atoms with Gasteiger partial charge in [-0.05, 0) is 44.9 Å². The molecule has 0 saturated heterocycles. The molecule has 0 amide bonds. The Labute approximate surface area is 418 Å². The molecule has 0 aromatic heterocycles. The van der Waals surface area contributed by atoms with Crippen LogP contribution in [0.15, 0.2) is 12.2 Å². The van der Waals surface area contributed by atoms with Crippen molar-refractivity contribution >= 4 is 17.9 Å². The average Bonchev–Trinajstić information content (AvgIpc) is 3.33. The number of carbonyl (C=O) groups is 3. The van der Waals surface area contributed by atoms with Crippen LogP contribution in [0.4, 0.5) is 0 Å². The lowest BCUT2D eigenvalue weighted by Crippen LogP contribution is -2.30. The largest absolute Gasteiger partial charge is 0.462 e. The van der Waals surface area contributed by atoms with Gasteiger partial charge in [0.15, 0.2) is 6.10 Å². The first-order valence-corrected chi connectivity index (χ1v) is 30.2. The zero-order valence-corrected chi connectivity index (χ0v) is 45.5. The van der Waals surface area contributed by atoms with Gasteiger partial charge in [-0.25, -0.2) is 0 Å². The highest BCUT2D eigenvalue weighted by Crippen LogP contribution is 2.18. The second-order valence-corrected chi connectivity index (χ2v) is 20.6. The SMILES string of the molecule is CCCCCCCC/C=C\CCCCCCCCCC(=O)OC(COC(=O)CCCCCCC)COC(=O)CCCCCCCCCCCCCCCCCCCCCCCCCCCCC. The summed E-state index contributed by atoms with van der Waals surface area (Å²) in [5, 5.41) is 0. The van der Waals surface area contributed by atoms with Crippen LogP contribution in [0.25, 0.3) is 0 Å². The molecule has 0 heterocycles. The highest BCUT2D eigenvalue weighted by atomic mass is 16.6. The minimum absolute atomic E-state index is 0.0674. The van der Waals surface area contributed by atoms with E-state index in [0.717, 1.165) is 64.2 Å². The minimum Gasteiger partial charge on any atom is -0.462 e. The number of unbranched alkanes of at least 4 members (excludes halogenated alkanes) is 43. The standard InChI is InChI=1S/C61H116O6/c1-4-7-10-13-15-17-19-21-23-25-26-27-28-29-30-31-32-33-34-36-37-39-41-43-45-48-51-54-60(63)66-57-58(56-65-59(62)53-50-47-12-9-6-3)67-61(64)55-52-49-46-44-42-40-38-35-24-22-20-18-16-14-11-8-5-2/h22,24,58H,4-21,23,25-57H2,1-3H3/b24-22-. The van der Waals surface area contributed by atoms with Crippen molar-refractivity contribution < 1.29 is 28.6 Å². The summed E-state index contributed by atoms with van der Waals surface area (Å²) in [5.41, 5.74) is 0. The normalized spacial score (nSPS) is 12.0. The van der Waals surface area contributed by atoms with Crippen LogP contribution in [0.2, 0.25) is 0 Å². The molecular weight excluding hydrogens is 829 g/mol. The lowest BCUT2D eigenvalue weighted by Gasteiger charge is -2.18. The first kappa shape index (κ1) is 65.1. The Morgan fingerprint density at radius 3 is 0.746 bits per heavy atom. The molecule has 0 aromatic rings. The second kappa shape index (κ2) is 56.7. The Bertz CT molecular complexity index is 1040. The quantitative estimate of drug-likeness (QED) is 0.0262. The van der Waals surface area contributed by atoms with Crippen molar-refractivity contribution in [2.75, 3.05) is 13.2 Å². The van der Waals surface area contributed by atoms with Gasteiger partial charge in [0.2, 0.25) is 0 Å². The maximum atomic E-state index is 12.8. The van der Waals surface area contributed by atoms with Crippen molar-refractivity contribution in [3.63, 3.8) is 0 Å². The van der Waals surface area contributed by atoms with Gasteiger partial charge in [0.05, 0.1) is 0 Å². The number of ether oxygens (including phenoxy) is 3. The minimum atomic E-state index is -0.765. The zero-order valence-electron chi connectivity index (χ0n) is 45.5. The molecule has 1 unspecified atom stereocenters. The molecule has 0 rings (SSSR count). The summed E-state index contributed by atoms with van der Waals surface area (Å²) in [6, 6.07) is 0. The predicted octanol–water partition coefficient (Wildman–Crippen LogP) is 20.1. The molecule has 0 N–H and O–H groups in total. The third-order valence-corrected chi connectivity index (χ3v) is 13.8. The van der Waals surface area contributed by atoms with E-state index >= 15 is 0 Å². The Hall–Kier alpha value is -1.85. The average molecular weight is 946 g/mol.